The van der Waals surface area contributed by atoms with Gasteiger partial charge in [0.15, 0.2) is 0 Å². The lowest BCUT2D eigenvalue weighted by Crippen LogP contribution is -2.01. The third kappa shape index (κ3) is 6.54. The zero-order valence-electron chi connectivity index (χ0n) is 13.2. The number of amides is 1. The summed E-state index contributed by atoms with van der Waals surface area (Å²) < 4.78 is 0. The van der Waals surface area contributed by atoms with Crippen LogP contribution in [0.5, 0.6) is 0 Å². The molecule has 0 aliphatic heterocycles. The lowest BCUT2D eigenvalue weighted by atomic mass is 10.1. The average Bonchev–Trinajstić information content (AvgIpc) is 2.63. The normalized spacial score (nSPS) is 8.96. The van der Waals surface area contributed by atoms with Gasteiger partial charge in [0.05, 0.1) is 11.1 Å². The van der Waals surface area contributed by atoms with Gasteiger partial charge in [0.1, 0.15) is 0 Å². The van der Waals surface area contributed by atoms with Crippen LogP contribution in [0.3, 0.4) is 0 Å². The number of carboxylic acid groups (broad SMARTS) is 2. The topological polar surface area (TPSA) is 118 Å². The molecule has 3 aromatic rings. The minimum Gasteiger partial charge on any atom is -0.478 e. The molecular formula is C19H17NO5. The van der Waals surface area contributed by atoms with Crippen molar-refractivity contribution in [1.29, 1.82) is 0 Å². The van der Waals surface area contributed by atoms with E-state index in [1.807, 2.05) is 0 Å². The van der Waals surface area contributed by atoms with Crippen molar-refractivity contribution in [3.05, 3.63) is 83.9 Å². The van der Waals surface area contributed by atoms with E-state index in [1.54, 1.807) is 0 Å². The van der Waals surface area contributed by atoms with E-state index in [1.165, 1.54) is 29.0 Å². The first-order valence-electron chi connectivity index (χ1n) is 7.15. The van der Waals surface area contributed by atoms with E-state index in [0.717, 1.165) is 6.07 Å². The maximum absolute atomic E-state index is 10.4. The van der Waals surface area contributed by atoms with E-state index in [0.29, 0.717) is 0 Å². The molecule has 25 heavy (non-hydrogen) atoms. The van der Waals surface area contributed by atoms with Crippen molar-refractivity contribution in [2.45, 2.75) is 0 Å². The number of hydrogen-bond donors (Lipinski definition) is 3. The van der Waals surface area contributed by atoms with Gasteiger partial charge in [-0.25, -0.2) is 9.59 Å². The fraction of sp³-hybridized carbons (Fsp3) is 0. The molecule has 6 heteroatoms. The number of hydrogen-bond acceptors (Lipinski definition) is 3. The van der Waals surface area contributed by atoms with Crippen molar-refractivity contribution >= 4 is 29.1 Å². The summed E-state index contributed by atoms with van der Waals surface area (Å²) in [7, 11) is 0. The molecule has 3 rings (SSSR count). The second kappa shape index (κ2) is 10.2. The van der Waals surface area contributed by atoms with E-state index >= 15 is 0 Å². The monoisotopic (exact) mass is 339 g/mol. The lowest BCUT2D eigenvalue weighted by molar-refractivity contribution is -0.106. The van der Waals surface area contributed by atoms with Gasteiger partial charge in [0.2, 0.25) is 6.41 Å². The van der Waals surface area contributed by atoms with Crippen LogP contribution in [0.2, 0.25) is 0 Å². The zero-order chi connectivity index (χ0) is 18.7. The Hall–Kier alpha value is -3.67. The Labute approximate surface area is 144 Å². The van der Waals surface area contributed by atoms with Crippen molar-refractivity contribution in [2.75, 3.05) is 0 Å². The predicted octanol–water partition coefficient (Wildman–Crippen LogP) is 3.02. The number of aromatic carboxylic acids is 2. The summed E-state index contributed by atoms with van der Waals surface area (Å²) in [5.74, 6) is -2.25. The third-order valence-corrected chi connectivity index (χ3v) is 3.02. The molecule has 4 N–H and O–H groups in total. The van der Waals surface area contributed by atoms with Crippen LogP contribution in [0, 0.1) is 0 Å². The Balaban J connectivity index is 0.000000218. The largest absolute Gasteiger partial charge is 0.478 e. The Morgan fingerprint density at radius 2 is 1.04 bits per heavy atom. The number of fused-ring (bicyclic) bond motifs is 1. The van der Waals surface area contributed by atoms with Crippen LogP contribution in [0.4, 0.5) is 0 Å². The van der Waals surface area contributed by atoms with Crippen molar-refractivity contribution in [3.8, 4) is 0 Å². The second-order valence-electron chi connectivity index (χ2n) is 4.67. The predicted molar refractivity (Wildman–Crippen MR) is 94.6 cm³/mol. The number of carbonyl (C=O) groups is 3. The summed E-state index contributed by atoms with van der Waals surface area (Å²) in [5, 5.41) is 19.6. The van der Waals surface area contributed by atoms with E-state index in [2.05, 4.69) is 54.3 Å². The first-order valence-corrected chi connectivity index (χ1v) is 7.15. The standard InChI is InChI=1S/C10H8.C8H6O4.CH3NO/c1-2-6-10-8-4-3-7-9(10)5-1;9-7(10)5-2-1-3-6(4-5)8(11)12;2-1-3/h1-8H;1-4H,(H,9,10)(H,11,12);1H,(H2,2,3). The molecule has 0 aromatic heterocycles. The number of rotatable bonds is 2. The van der Waals surface area contributed by atoms with Gasteiger partial charge in [-0.1, -0.05) is 54.6 Å². The molecule has 0 radical (unpaired) electrons. The molecule has 0 fully saturated rings. The van der Waals surface area contributed by atoms with E-state index in [4.69, 9.17) is 15.0 Å². The first kappa shape index (κ1) is 19.4. The van der Waals surface area contributed by atoms with Gasteiger partial charge in [-0.2, -0.15) is 0 Å². The van der Waals surface area contributed by atoms with Gasteiger partial charge in [-0.05, 0) is 29.0 Å². The van der Waals surface area contributed by atoms with Gasteiger partial charge >= 0.3 is 11.9 Å². The van der Waals surface area contributed by atoms with Crippen molar-refractivity contribution in [1.82, 2.24) is 0 Å². The van der Waals surface area contributed by atoms with Gasteiger partial charge in [-0.15, -0.1) is 0 Å². The molecule has 0 saturated heterocycles. The average molecular weight is 339 g/mol. The minimum absolute atomic E-state index is 0.0186. The molecule has 0 saturated carbocycles. The molecule has 0 aliphatic carbocycles. The molecule has 0 atom stereocenters. The molecule has 0 aliphatic rings. The molecule has 128 valence electrons. The molecule has 1 amide bonds. The maximum Gasteiger partial charge on any atom is 0.335 e. The van der Waals surface area contributed by atoms with Crippen LogP contribution in [0.1, 0.15) is 20.7 Å². The Morgan fingerprint density at radius 1 is 0.720 bits per heavy atom. The zero-order valence-corrected chi connectivity index (χ0v) is 13.2. The SMILES string of the molecule is NC=O.O=C(O)c1cccc(C(=O)O)c1.c1ccc2ccccc2c1. The molecule has 0 bridgehead atoms. The Kier molecular flexibility index (Phi) is 7.88. The second-order valence-corrected chi connectivity index (χ2v) is 4.67. The first-order chi connectivity index (χ1) is 12.0. The van der Waals surface area contributed by atoms with Gasteiger partial charge in [0.25, 0.3) is 0 Å². The fourth-order valence-corrected chi connectivity index (χ4v) is 1.92. The summed E-state index contributed by atoms with van der Waals surface area (Å²) in [5.41, 5.74) is 4.13. The maximum atomic E-state index is 10.4. The number of carboxylic acids is 2. The van der Waals surface area contributed by atoms with E-state index < -0.39 is 11.9 Å². The van der Waals surface area contributed by atoms with E-state index in [-0.39, 0.29) is 17.5 Å². The lowest BCUT2D eigenvalue weighted by Gasteiger charge is -1.95. The highest BCUT2D eigenvalue weighted by atomic mass is 16.4. The molecule has 3 aromatic carbocycles. The Bertz CT molecular complexity index is 766. The molecule has 0 unspecified atom stereocenters. The minimum atomic E-state index is -1.13. The number of primary amides is 1. The molecule has 6 nitrogen and oxygen atoms in total. The van der Waals surface area contributed by atoms with Crippen LogP contribution in [0.15, 0.2) is 72.8 Å². The highest BCUT2D eigenvalue weighted by Crippen LogP contribution is 2.11. The van der Waals surface area contributed by atoms with Crippen molar-refractivity contribution in [2.24, 2.45) is 5.73 Å². The number of benzene rings is 3. The summed E-state index contributed by atoms with van der Waals surface area (Å²) >= 11 is 0. The van der Waals surface area contributed by atoms with Crippen molar-refractivity contribution in [3.63, 3.8) is 0 Å². The van der Waals surface area contributed by atoms with Crippen LogP contribution < -0.4 is 5.73 Å². The third-order valence-electron chi connectivity index (χ3n) is 3.02. The molecular weight excluding hydrogens is 322 g/mol. The van der Waals surface area contributed by atoms with Crippen LogP contribution >= 0.6 is 0 Å². The summed E-state index contributed by atoms with van der Waals surface area (Å²) in [4.78, 5) is 29.3. The van der Waals surface area contributed by atoms with Crippen molar-refractivity contribution < 1.29 is 24.6 Å². The summed E-state index contributed by atoms with van der Waals surface area (Å²) in [6.45, 7) is 0. The van der Waals surface area contributed by atoms with Gasteiger partial charge < -0.3 is 15.9 Å². The molecule has 0 spiro atoms. The van der Waals surface area contributed by atoms with Crippen LogP contribution in [-0.4, -0.2) is 28.6 Å². The van der Waals surface area contributed by atoms with Crippen LogP contribution in [-0.2, 0) is 4.79 Å². The van der Waals surface area contributed by atoms with Gasteiger partial charge in [0, 0.05) is 0 Å². The summed E-state index contributed by atoms with van der Waals surface area (Å²) in [6.07, 6.45) is 0.250. The fourth-order valence-electron chi connectivity index (χ4n) is 1.92. The van der Waals surface area contributed by atoms with E-state index in [9.17, 15) is 9.59 Å². The summed E-state index contributed by atoms with van der Waals surface area (Å²) in [6, 6.07) is 21.9. The number of nitrogens with two attached hydrogens (primary N) is 1. The Morgan fingerprint density at radius 3 is 1.32 bits per heavy atom. The van der Waals surface area contributed by atoms with Crippen LogP contribution in [0.25, 0.3) is 10.8 Å². The highest BCUT2D eigenvalue weighted by Gasteiger charge is 2.06. The number of carbonyl (C=O) groups excluding carboxylic acids is 1. The van der Waals surface area contributed by atoms with Gasteiger partial charge in [-0.3, -0.25) is 4.79 Å². The quantitative estimate of drug-likeness (QED) is 0.620. The highest BCUT2D eigenvalue weighted by molar-refractivity contribution is 5.93. The molecule has 0 heterocycles. The smallest absolute Gasteiger partial charge is 0.335 e.